The summed E-state index contributed by atoms with van der Waals surface area (Å²) >= 11 is 0. The van der Waals surface area contributed by atoms with E-state index in [4.69, 9.17) is 4.42 Å². The van der Waals surface area contributed by atoms with Gasteiger partial charge in [0.2, 0.25) is 11.8 Å². The first-order valence-electron chi connectivity index (χ1n) is 8.06. The summed E-state index contributed by atoms with van der Waals surface area (Å²) in [4.78, 5) is 23.4. The highest BCUT2D eigenvalue weighted by Gasteiger charge is 2.30. The van der Waals surface area contributed by atoms with Crippen LogP contribution in [0.25, 0.3) is 10.8 Å². The van der Waals surface area contributed by atoms with Gasteiger partial charge in [0, 0.05) is 29.1 Å². The molecular weight excluding hydrogens is 322 g/mol. The van der Waals surface area contributed by atoms with Crippen LogP contribution in [-0.2, 0) is 16.1 Å². The number of aromatic hydroxyl groups is 1. The summed E-state index contributed by atoms with van der Waals surface area (Å²) < 4.78 is 6.85. The summed E-state index contributed by atoms with van der Waals surface area (Å²) in [5, 5.41) is 17.6. The van der Waals surface area contributed by atoms with Crippen LogP contribution in [-0.4, -0.2) is 21.5 Å². The van der Waals surface area contributed by atoms with Gasteiger partial charge in [-0.05, 0) is 30.7 Å². The number of benzene rings is 1. The zero-order valence-electron chi connectivity index (χ0n) is 13.4. The molecule has 0 spiro atoms. The second-order valence-corrected chi connectivity index (χ2v) is 6.03. The molecule has 0 unspecified atom stereocenters. The van der Waals surface area contributed by atoms with Crippen molar-refractivity contribution in [2.45, 2.75) is 25.4 Å². The van der Waals surface area contributed by atoms with Crippen molar-refractivity contribution in [1.82, 2.24) is 9.88 Å². The fraction of sp³-hybridized carbons (Fsp3) is 0.222. The number of anilines is 1. The highest BCUT2D eigenvalue weighted by Crippen LogP contribution is 2.36. The average Bonchev–Trinajstić information content (AvgIpc) is 3.22. The molecular formula is C18H17N3O4. The molecule has 1 aliphatic heterocycles. The summed E-state index contributed by atoms with van der Waals surface area (Å²) in [6, 6.07) is 8.64. The van der Waals surface area contributed by atoms with Crippen molar-refractivity contribution < 1.29 is 19.1 Å². The minimum atomic E-state index is -0.594. The van der Waals surface area contributed by atoms with Crippen LogP contribution in [0.15, 0.2) is 47.2 Å². The van der Waals surface area contributed by atoms with Crippen LogP contribution >= 0.6 is 0 Å². The Labute approximate surface area is 143 Å². The minimum absolute atomic E-state index is 0.0196. The Morgan fingerprint density at radius 1 is 1.24 bits per heavy atom. The van der Waals surface area contributed by atoms with E-state index in [1.165, 1.54) is 4.57 Å². The lowest BCUT2D eigenvalue weighted by Gasteiger charge is -2.22. The molecule has 25 heavy (non-hydrogen) atoms. The lowest BCUT2D eigenvalue weighted by atomic mass is 10.1. The van der Waals surface area contributed by atoms with Gasteiger partial charge in [0.1, 0.15) is 11.8 Å². The number of aromatic nitrogens is 1. The van der Waals surface area contributed by atoms with Crippen molar-refractivity contribution >= 4 is 28.3 Å². The molecule has 0 bridgehead atoms. The molecule has 0 radical (unpaired) electrons. The zero-order valence-corrected chi connectivity index (χ0v) is 13.4. The molecule has 4 rings (SSSR count). The van der Waals surface area contributed by atoms with Gasteiger partial charge in [-0.1, -0.05) is 6.07 Å². The van der Waals surface area contributed by atoms with Crippen molar-refractivity contribution in [2.75, 3.05) is 5.32 Å². The number of piperidine rings is 1. The molecule has 1 aliphatic rings. The highest BCUT2D eigenvalue weighted by molar-refractivity contribution is 6.01. The van der Waals surface area contributed by atoms with Crippen molar-refractivity contribution in [3.63, 3.8) is 0 Å². The van der Waals surface area contributed by atoms with Crippen molar-refractivity contribution in [2.24, 2.45) is 0 Å². The van der Waals surface area contributed by atoms with E-state index < -0.39 is 11.9 Å². The standard InChI is InChI=1S/C18H17N3O4/c22-16-7-6-15(17(23)20-16)21-10-13-12(18(21)24)4-1-5-14(13)19-9-11-3-2-8-25-11/h1-5,8,10,15,19,24H,6-7,9H2,(H,20,22,23)/t15-/m0/s1. The molecule has 1 aromatic carbocycles. The monoisotopic (exact) mass is 339 g/mol. The number of furan rings is 1. The van der Waals surface area contributed by atoms with E-state index in [9.17, 15) is 14.7 Å². The second-order valence-electron chi connectivity index (χ2n) is 6.03. The third-order valence-corrected chi connectivity index (χ3v) is 4.44. The number of hydrogen-bond acceptors (Lipinski definition) is 5. The molecule has 1 atom stereocenters. The normalized spacial score (nSPS) is 17.7. The van der Waals surface area contributed by atoms with E-state index in [0.717, 1.165) is 16.8 Å². The fourth-order valence-electron chi connectivity index (χ4n) is 3.17. The highest BCUT2D eigenvalue weighted by atomic mass is 16.3. The molecule has 0 saturated carbocycles. The maximum absolute atomic E-state index is 12.1. The number of imide groups is 1. The number of carbonyl (C=O) groups is 2. The maximum Gasteiger partial charge on any atom is 0.249 e. The molecule has 0 aliphatic carbocycles. The molecule has 1 fully saturated rings. The smallest absolute Gasteiger partial charge is 0.249 e. The zero-order chi connectivity index (χ0) is 17.4. The predicted molar refractivity (Wildman–Crippen MR) is 91.1 cm³/mol. The summed E-state index contributed by atoms with van der Waals surface area (Å²) in [7, 11) is 0. The van der Waals surface area contributed by atoms with Gasteiger partial charge < -0.3 is 19.4 Å². The van der Waals surface area contributed by atoms with Crippen LogP contribution < -0.4 is 10.6 Å². The summed E-state index contributed by atoms with van der Waals surface area (Å²) in [6.07, 6.45) is 3.99. The second kappa shape index (κ2) is 6.01. The third kappa shape index (κ3) is 2.73. The first kappa shape index (κ1) is 15.3. The van der Waals surface area contributed by atoms with E-state index in [2.05, 4.69) is 10.6 Å². The third-order valence-electron chi connectivity index (χ3n) is 4.44. The number of carbonyl (C=O) groups excluding carboxylic acids is 2. The Kier molecular flexibility index (Phi) is 3.68. The quantitative estimate of drug-likeness (QED) is 0.635. The van der Waals surface area contributed by atoms with E-state index in [0.29, 0.717) is 18.4 Å². The van der Waals surface area contributed by atoms with E-state index in [1.807, 2.05) is 24.3 Å². The van der Waals surface area contributed by atoms with Crippen molar-refractivity contribution in [3.8, 4) is 5.88 Å². The topological polar surface area (TPSA) is 96.5 Å². The van der Waals surface area contributed by atoms with Gasteiger partial charge in [-0.2, -0.15) is 0 Å². The van der Waals surface area contributed by atoms with Crippen molar-refractivity contribution in [3.05, 3.63) is 48.6 Å². The number of rotatable bonds is 4. The van der Waals surface area contributed by atoms with Crippen LogP contribution in [0.5, 0.6) is 5.88 Å². The molecule has 2 aromatic heterocycles. The van der Waals surface area contributed by atoms with Gasteiger partial charge in [-0.3, -0.25) is 14.9 Å². The maximum atomic E-state index is 12.1. The molecule has 128 valence electrons. The van der Waals surface area contributed by atoms with Gasteiger partial charge in [-0.15, -0.1) is 0 Å². The SMILES string of the molecule is O=C1CC[C@H](n2cc3c(NCc4ccco4)cccc3c2O)C(=O)N1. The van der Waals surface area contributed by atoms with Crippen LogP contribution in [0.4, 0.5) is 5.69 Å². The van der Waals surface area contributed by atoms with Gasteiger partial charge in [-0.25, -0.2) is 0 Å². The Bertz CT molecular complexity index is 943. The minimum Gasteiger partial charge on any atom is -0.494 e. The molecule has 2 amide bonds. The molecule has 7 heteroatoms. The van der Waals surface area contributed by atoms with E-state index in [1.54, 1.807) is 18.5 Å². The Morgan fingerprint density at radius 3 is 2.88 bits per heavy atom. The lowest BCUT2D eigenvalue weighted by Crippen LogP contribution is -2.41. The van der Waals surface area contributed by atoms with Gasteiger partial charge in [0.05, 0.1) is 12.8 Å². The number of fused-ring (bicyclic) bond motifs is 1. The number of hydrogen-bond donors (Lipinski definition) is 3. The largest absolute Gasteiger partial charge is 0.494 e. The average molecular weight is 339 g/mol. The van der Waals surface area contributed by atoms with Gasteiger partial charge in [0.15, 0.2) is 5.88 Å². The molecule has 1 saturated heterocycles. The van der Waals surface area contributed by atoms with E-state index in [-0.39, 0.29) is 18.2 Å². The molecule has 7 nitrogen and oxygen atoms in total. The molecule has 3 N–H and O–H groups in total. The predicted octanol–water partition coefficient (Wildman–Crippen LogP) is 2.53. The van der Waals surface area contributed by atoms with Crippen LogP contribution in [0.3, 0.4) is 0 Å². The Morgan fingerprint density at radius 2 is 2.12 bits per heavy atom. The first-order chi connectivity index (χ1) is 12.1. The van der Waals surface area contributed by atoms with Crippen LogP contribution in [0.1, 0.15) is 24.6 Å². The first-order valence-corrected chi connectivity index (χ1v) is 8.06. The lowest BCUT2D eigenvalue weighted by molar-refractivity contribution is -0.135. The Balaban J connectivity index is 1.68. The Hall–Kier alpha value is -3.22. The number of amides is 2. The number of nitrogens with zero attached hydrogens (tertiary/aromatic N) is 1. The fourth-order valence-corrected chi connectivity index (χ4v) is 3.17. The van der Waals surface area contributed by atoms with Gasteiger partial charge in [0.25, 0.3) is 0 Å². The van der Waals surface area contributed by atoms with Crippen molar-refractivity contribution in [1.29, 1.82) is 0 Å². The molecule has 3 heterocycles. The van der Waals surface area contributed by atoms with Crippen LogP contribution in [0.2, 0.25) is 0 Å². The van der Waals surface area contributed by atoms with Crippen LogP contribution in [0, 0.1) is 0 Å². The molecule has 3 aromatic rings. The summed E-state index contributed by atoms with van der Waals surface area (Å²) in [5.74, 6) is 0.146. The number of nitrogens with one attached hydrogen (secondary N) is 2. The summed E-state index contributed by atoms with van der Waals surface area (Å²) in [6.45, 7) is 0.510. The summed E-state index contributed by atoms with van der Waals surface area (Å²) in [5.41, 5.74) is 0.829. The van der Waals surface area contributed by atoms with Gasteiger partial charge >= 0.3 is 0 Å². The van der Waals surface area contributed by atoms with E-state index >= 15 is 0 Å².